The van der Waals surface area contributed by atoms with Gasteiger partial charge in [-0.2, -0.15) is 0 Å². The summed E-state index contributed by atoms with van der Waals surface area (Å²) in [5, 5.41) is 3.10. The molecule has 0 unspecified atom stereocenters. The average molecular weight is 505 g/mol. The molecule has 6 heteroatoms. The highest BCUT2D eigenvalue weighted by Crippen LogP contribution is 2.33. The van der Waals surface area contributed by atoms with Crippen LogP contribution in [0.5, 0.6) is 0 Å². The van der Waals surface area contributed by atoms with Gasteiger partial charge in [-0.3, -0.25) is 9.59 Å². The zero-order valence-corrected chi connectivity index (χ0v) is 22.2. The molecule has 0 fully saturated rings. The second-order valence-corrected chi connectivity index (χ2v) is 9.98. The van der Waals surface area contributed by atoms with Gasteiger partial charge >= 0.3 is 0 Å². The Morgan fingerprint density at radius 2 is 1.59 bits per heavy atom. The second-order valence-electron chi connectivity index (χ2n) is 9.19. The number of halogens is 1. The third-order valence-electron chi connectivity index (χ3n) is 5.73. The fraction of sp³-hybridized carbons (Fsp3) is 0.538. The van der Waals surface area contributed by atoms with E-state index in [1.54, 1.807) is 0 Å². The van der Waals surface area contributed by atoms with Crippen molar-refractivity contribution in [3.05, 3.63) is 61.0 Å². The molecule has 176 valence electrons. The maximum Gasteiger partial charge on any atom is 0.261 e. The molecule has 0 aliphatic heterocycles. The number of hydrogen-bond acceptors (Lipinski definition) is 3. The number of nitrogens with one attached hydrogen (secondary N) is 1. The van der Waals surface area contributed by atoms with Crippen LogP contribution < -0.4 is 10.7 Å². The van der Waals surface area contributed by atoms with E-state index in [1.807, 2.05) is 50.5 Å². The van der Waals surface area contributed by atoms with Crippen molar-refractivity contribution in [2.75, 3.05) is 11.9 Å². The summed E-state index contributed by atoms with van der Waals surface area (Å²) in [6.07, 6.45) is 0.972. The molecule has 2 rings (SSSR count). The number of nitrogens with zero attached hydrogens (tertiary/aromatic N) is 1. The van der Waals surface area contributed by atoms with Gasteiger partial charge in [0.1, 0.15) is 5.56 Å². The second kappa shape index (κ2) is 11.3. The summed E-state index contributed by atoms with van der Waals surface area (Å²) in [7, 11) is 0. The smallest absolute Gasteiger partial charge is 0.261 e. The number of benzene rings is 1. The van der Waals surface area contributed by atoms with Crippen LogP contribution in [0, 0.1) is 13.8 Å². The van der Waals surface area contributed by atoms with Crippen LogP contribution in [0.1, 0.15) is 92.7 Å². The van der Waals surface area contributed by atoms with Crippen molar-refractivity contribution >= 4 is 27.5 Å². The molecule has 0 bridgehead atoms. The van der Waals surface area contributed by atoms with E-state index < -0.39 is 0 Å². The first-order chi connectivity index (χ1) is 15.0. The van der Waals surface area contributed by atoms with Gasteiger partial charge in [0.25, 0.3) is 5.91 Å². The number of carbonyl (C=O) groups is 1. The van der Waals surface area contributed by atoms with Crippen molar-refractivity contribution < 1.29 is 9.53 Å². The third kappa shape index (κ3) is 5.90. The van der Waals surface area contributed by atoms with Gasteiger partial charge in [0, 0.05) is 30.2 Å². The average Bonchev–Trinajstić information content (AvgIpc) is 2.71. The maximum absolute atomic E-state index is 13.5. The van der Waals surface area contributed by atoms with Gasteiger partial charge in [0.15, 0.2) is 0 Å². The molecule has 32 heavy (non-hydrogen) atoms. The van der Waals surface area contributed by atoms with Crippen LogP contribution in [0.4, 0.5) is 5.69 Å². The van der Waals surface area contributed by atoms with E-state index in [1.165, 1.54) is 0 Å². The molecule has 1 N–H and O–H groups in total. The Morgan fingerprint density at radius 1 is 1.03 bits per heavy atom. The summed E-state index contributed by atoms with van der Waals surface area (Å²) in [5.41, 5.74) is 4.35. The first kappa shape index (κ1) is 26.3. The quantitative estimate of drug-likeness (QED) is 0.394. The summed E-state index contributed by atoms with van der Waals surface area (Å²) in [5.74, 6) is 0.121. The minimum Gasteiger partial charge on any atom is -0.379 e. The summed E-state index contributed by atoms with van der Waals surface area (Å²) in [4.78, 5) is 26.6. The fourth-order valence-corrected chi connectivity index (χ4v) is 4.37. The predicted molar refractivity (Wildman–Crippen MR) is 136 cm³/mol. The van der Waals surface area contributed by atoms with E-state index in [9.17, 15) is 9.59 Å². The molecule has 0 aliphatic carbocycles. The van der Waals surface area contributed by atoms with Crippen molar-refractivity contribution in [2.45, 2.75) is 86.3 Å². The highest BCUT2D eigenvalue weighted by Gasteiger charge is 2.23. The molecule has 0 saturated heterocycles. The normalized spacial score (nSPS) is 11.6. The van der Waals surface area contributed by atoms with Gasteiger partial charge in [-0.15, -0.1) is 0 Å². The Labute approximate surface area is 200 Å². The van der Waals surface area contributed by atoms with Crippen LogP contribution in [0.2, 0.25) is 0 Å². The first-order valence-corrected chi connectivity index (χ1v) is 12.2. The molecule has 1 aromatic carbocycles. The number of para-hydroxylation sites is 1. The van der Waals surface area contributed by atoms with Crippen molar-refractivity contribution in [2.24, 2.45) is 0 Å². The molecule has 1 aromatic heterocycles. The molecule has 0 aliphatic rings. The van der Waals surface area contributed by atoms with Crippen LogP contribution in [0.25, 0.3) is 0 Å². The molecular formula is C26H37BrN2O3. The number of rotatable bonds is 9. The van der Waals surface area contributed by atoms with E-state index in [0.717, 1.165) is 28.9 Å². The van der Waals surface area contributed by atoms with E-state index in [0.29, 0.717) is 23.3 Å². The van der Waals surface area contributed by atoms with E-state index in [-0.39, 0.29) is 34.8 Å². The van der Waals surface area contributed by atoms with E-state index in [2.05, 4.69) is 48.9 Å². The summed E-state index contributed by atoms with van der Waals surface area (Å²) in [6, 6.07) is 6.11. The Bertz CT molecular complexity index is 996. The first-order valence-electron chi connectivity index (χ1n) is 11.4. The van der Waals surface area contributed by atoms with Gasteiger partial charge in [-0.25, -0.2) is 0 Å². The summed E-state index contributed by atoms with van der Waals surface area (Å²) in [6.45, 7) is 17.5. The van der Waals surface area contributed by atoms with Crippen molar-refractivity contribution in [1.82, 2.24) is 4.57 Å². The minimum absolute atomic E-state index is 0.176. The molecular weight excluding hydrogens is 468 g/mol. The number of ether oxygens (including phenoxy) is 1. The predicted octanol–water partition coefficient (Wildman–Crippen LogP) is 6.54. The number of anilines is 1. The Kier molecular flexibility index (Phi) is 9.28. The lowest BCUT2D eigenvalue weighted by molar-refractivity contribution is 0.0746. The maximum atomic E-state index is 13.5. The number of amides is 1. The highest BCUT2D eigenvalue weighted by atomic mass is 79.9. The van der Waals surface area contributed by atoms with Gasteiger partial charge in [-0.05, 0) is 73.0 Å². The Balaban J connectivity index is 2.48. The Hall–Kier alpha value is -1.92. The zero-order valence-electron chi connectivity index (χ0n) is 20.6. The van der Waals surface area contributed by atoms with Crippen LogP contribution in [0.3, 0.4) is 0 Å². The monoisotopic (exact) mass is 504 g/mol. The van der Waals surface area contributed by atoms with Crippen LogP contribution in [-0.4, -0.2) is 23.2 Å². The van der Waals surface area contributed by atoms with Crippen LogP contribution in [-0.2, 0) is 11.3 Å². The highest BCUT2D eigenvalue weighted by molar-refractivity contribution is 9.10. The molecule has 5 nitrogen and oxygen atoms in total. The van der Waals surface area contributed by atoms with E-state index >= 15 is 0 Å². The molecule has 0 atom stereocenters. The van der Waals surface area contributed by atoms with E-state index in [4.69, 9.17) is 4.74 Å². The number of hydrogen-bond donors (Lipinski definition) is 1. The van der Waals surface area contributed by atoms with Crippen molar-refractivity contribution in [3.63, 3.8) is 0 Å². The van der Waals surface area contributed by atoms with Crippen LogP contribution in [0.15, 0.2) is 27.5 Å². The summed E-state index contributed by atoms with van der Waals surface area (Å²) >= 11 is 3.43. The molecule has 0 spiro atoms. The molecule has 0 radical (unpaired) electrons. The lowest BCUT2D eigenvalue weighted by atomic mass is 9.92. The minimum atomic E-state index is -0.365. The lowest BCUT2D eigenvalue weighted by Gasteiger charge is -2.22. The largest absolute Gasteiger partial charge is 0.379 e. The molecule has 1 amide bonds. The molecule has 1 heterocycles. The lowest BCUT2D eigenvalue weighted by Crippen LogP contribution is -2.29. The Morgan fingerprint density at radius 3 is 2.09 bits per heavy atom. The van der Waals surface area contributed by atoms with Crippen LogP contribution >= 0.6 is 15.9 Å². The van der Waals surface area contributed by atoms with Gasteiger partial charge < -0.3 is 14.6 Å². The number of carbonyl (C=O) groups excluding carboxylic acids is 1. The van der Waals surface area contributed by atoms with Crippen molar-refractivity contribution in [3.8, 4) is 0 Å². The SMILES string of the molecule is Cc1c(Br)c(=O)c(C(=O)Nc2c(C(C)C)cccc2C(C)C)c(C)n1CCCOC(C)C. The van der Waals surface area contributed by atoms with Gasteiger partial charge in [0.2, 0.25) is 5.43 Å². The summed E-state index contributed by atoms with van der Waals surface area (Å²) < 4.78 is 8.12. The fourth-order valence-electron chi connectivity index (χ4n) is 3.96. The molecule has 0 saturated carbocycles. The molecule has 2 aromatic rings. The van der Waals surface area contributed by atoms with Gasteiger partial charge in [0.05, 0.1) is 10.6 Å². The van der Waals surface area contributed by atoms with Gasteiger partial charge in [-0.1, -0.05) is 45.9 Å². The topological polar surface area (TPSA) is 60.3 Å². The zero-order chi connectivity index (χ0) is 24.2. The standard InChI is InChI=1S/C26H37BrN2O3/c1-15(2)20-11-9-12-21(16(3)4)24(20)28-26(31)22-18(7)29(13-10-14-32-17(5)6)19(8)23(27)25(22)30/h9,11-12,15-17H,10,13-14H2,1-8H3,(H,28,31). The number of aromatic nitrogens is 1. The third-order valence-corrected chi connectivity index (χ3v) is 6.67. The number of pyridine rings is 1. The van der Waals surface area contributed by atoms with Crippen molar-refractivity contribution in [1.29, 1.82) is 0 Å².